The van der Waals surface area contributed by atoms with Gasteiger partial charge in [0, 0.05) is 0 Å². The van der Waals surface area contributed by atoms with Crippen LogP contribution in [0.2, 0.25) is 0 Å². The van der Waals surface area contributed by atoms with Gasteiger partial charge in [0.15, 0.2) is 0 Å². The Morgan fingerprint density at radius 3 is 2.50 bits per heavy atom. The molecular formula is C11H18O3. The molecule has 3 nitrogen and oxygen atoms in total. The molecule has 0 aromatic heterocycles. The molecule has 0 aliphatic heterocycles. The van der Waals surface area contributed by atoms with Gasteiger partial charge in [-0.2, -0.15) is 0 Å². The summed E-state index contributed by atoms with van der Waals surface area (Å²) in [6.45, 7) is 4.09. The predicted octanol–water partition coefficient (Wildman–Crippen LogP) is 1.65. The first-order valence-electron chi connectivity index (χ1n) is 5.30. The van der Waals surface area contributed by atoms with E-state index in [4.69, 9.17) is 5.11 Å². The van der Waals surface area contributed by atoms with Gasteiger partial charge in [0.05, 0.1) is 12.5 Å². The minimum atomic E-state index is -0.736. The van der Waals surface area contributed by atoms with Crippen LogP contribution >= 0.6 is 0 Å². The molecule has 3 heteroatoms. The first kappa shape index (κ1) is 9.97. The molecule has 2 aliphatic carbocycles. The first-order valence-corrected chi connectivity index (χ1v) is 5.30. The predicted molar refractivity (Wildman–Crippen MR) is 51.8 cm³/mol. The summed E-state index contributed by atoms with van der Waals surface area (Å²) in [5, 5.41) is 18.9. The molecule has 2 aliphatic rings. The van der Waals surface area contributed by atoms with Crippen LogP contribution in [0, 0.1) is 16.7 Å². The molecule has 4 atom stereocenters. The van der Waals surface area contributed by atoms with Gasteiger partial charge in [-0.15, -0.1) is 0 Å². The number of aliphatic hydroxyl groups is 1. The van der Waals surface area contributed by atoms with Gasteiger partial charge in [-0.05, 0) is 36.0 Å². The lowest BCUT2D eigenvalue weighted by Gasteiger charge is -2.38. The van der Waals surface area contributed by atoms with Crippen molar-refractivity contribution in [3.63, 3.8) is 0 Å². The number of carbonyl (C=O) groups is 1. The third-order valence-corrected chi connectivity index (χ3v) is 4.98. The van der Waals surface area contributed by atoms with Crippen molar-refractivity contribution in [3.05, 3.63) is 0 Å². The summed E-state index contributed by atoms with van der Waals surface area (Å²) >= 11 is 0. The maximum absolute atomic E-state index is 10.8. The van der Waals surface area contributed by atoms with Crippen LogP contribution in [0.5, 0.6) is 0 Å². The van der Waals surface area contributed by atoms with E-state index in [2.05, 4.69) is 0 Å². The fraction of sp³-hybridized carbons (Fsp3) is 0.909. The van der Waals surface area contributed by atoms with Gasteiger partial charge in [-0.25, -0.2) is 0 Å². The van der Waals surface area contributed by atoms with Crippen LogP contribution in [0.15, 0.2) is 0 Å². The number of aliphatic carboxylic acids is 1. The van der Waals surface area contributed by atoms with Crippen molar-refractivity contribution in [2.45, 2.75) is 45.6 Å². The second-order valence-corrected chi connectivity index (χ2v) is 5.39. The van der Waals surface area contributed by atoms with E-state index in [1.165, 1.54) is 0 Å². The molecule has 2 rings (SSSR count). The highest BCUT2D eigenvalue weighted by molar-refractivity contribution is 5.68. The Labute approximate surface area is 84.1 Å². The van der Waals surface area contributed by atoms with E-state index in [-0.39, 0.29) is 23.4 Å². The number of aliphatic hydroxyl groups excluding tert-OH is 1. The van der Waals surface area contributed by atoms with Gasteiger partial charge >= 0.3 is 5.97 Å². The van der Waals surface area contributed by atoms with E-state index in [0.29, 0.717) is 5.92 Å². The molecule has 80 valence electrons. The van der Waals surface area contributed by atoms with Crippen molar-refractivity contribution in [1.82, 2.24) is 0 Å². The van der Waals surface area contributed by atoms with E-state index < -0.39 is 5.97 Å². The molecule has 0 amide bonds. The van der Waals surface area contributed by atoms with Gasteiger partial charge in [0.2, 0.25) is 0 Å². The highest BCUT2D eigenvalue weighted by atomic mass is 16.4. The van der Waals surface area contributed by atoms with Crippen molar-refractivity contribution in [1.29, 1.82) is 0 Å². The summed E-state index contributed by atoms with van der Waals surface area (Å²) in [6.07, 6.45) is 2.75. The van der Waals surface area contributed by atoms with E-state index in [0.717, 1.165) is 19.3 Å². The van der Waals surface area contributed by atoms with Gasteiger partial charge in [-0.3, -0.25) is 4.79 Å². The Balaban J connectivity index is 2.31. The lowest BCUT2D eigenvalue weighted by Crippen LogP contribution is -2.38. The Kier molecular flexibility index (Phi) is 1.94. The summed E-state index contributed by atoms with van der Waals surface area (Å²) in [4.78, 5) is 10.8. The van der Waals surface area contributed by atoms with Crippen LogP contribution in [-0.2, 0) is 4.79 Å². The zero-order chi connectivity index (χ0) is 10.6. The van der Waals surface area contributed by atoms with Crippen molar-refractivity contribution >= 4 is 5.97 Å². The van der Waals surface area contributed by atoms with Gasteiger partial charge in [0.25, 0.3) is 0 Å². The summed E-state index contributed by atoms with van der Waals surface area (Å²) in [5.74, 6) is -0.335. The molecule has 2 saturated carbocycles. The van der Waals surface area contributed by atoms with Crippen LogP contribution < -0.4 is 0 Å². The van der Waals surface area contributed by atoms with E-state index in [1.807, 2.05) is 13.8 Å². The summed E-state index contributed by atoms with van der Waals surface area (Å²) in [7, 11) is 0. The van der Waals surface area contributed by atoms with Crippen LogP contribution in [0.3, 0.4) is 0 Å². The average Bonchev–Trinajstić information content (AvgIpc) is 2.37. The molecule has 0 aromatic carbocycles. The number of hydrogen-bond donors (Lipinski definition) is 2. The second-order valence-electron chi connectivity index (χ2n) is 5.39. The molecule has 0 radical (unpaired) electrons. The maximum Gasteiger partial charge on any atom is 0.303 e. The van der Waals surface area contributed by atoms with Crippen molar-refractivity contribution in [2.75, 3.05) is 0 Å². The molecule has 2 N–H and O–H groups in total. The average molecular weight is 198 g/mol. The van der Waals surface area contributed by atoms with Crippen molar-refractivity contribution < 1.29 is 15.0 Å². The lowest BCUT2D eigenvalue weighted by atomic mass is 9.66. The van der Waals surface area contributed by atoms with E-state index in [1.54, 1.807) is 0 Å². The lowest BCUT2D eigenvalue weighted by molar-refractivity contribution is -0.142. The number of fused-ring (bicyclic) bond motifs is 2. The fourth-order valence-corrected chi connectivity index (χ4v) is 3.66. The van der Waals surface area contributed by atoms with Crippen LogP contribution in [0.1, 0.15) is 39.5 Å². The first-order chi connectivity index (χ1) is 6.40. The SMILES string of the molecule is C[C@]12CC[C@H](C[C@@H]1O)[C@@]2(C)CC(=O)O. The zero-order valence-electron chi connectivity index (χ0n) is 8.79. The summed E-state index contributed by atoms with van der Waals surface area (Å²) in [5.41, 5.74) is -0.367. The molecule has 0 saturated heterocycles. The number of hydrogen-bond acceptors (Lipinski definition) is 2. The highest BCUT2D eigenvalue weighted by Crippen LogP contribution is 2.67. The smallest absolute Gasteiger partial charge is 0.303 e. The fourth-order valence-electron chi connectivity index (χ4n) is 3.66. The minimum absolute atomic E-state index is 0.171. The zero-order valence-corrected chi connectivity index (χ0v) is 8.79. The largest absolute Gasteiger partial charge is 0.481 e. The molecule has 2 fully saturated rings. The third-order valence-electron chi connectivity index (χ3n) is 4.98. The van der Waals surface area contributed by atoms with Crippen molar-refractivity contribution in [2.24, 2.45) is 16.7 Å². The molecular weight excluding hydrogens is 180 g/mol. The number of rotatable bonds is 2. The summed E-state index contributed by atoms with van der Waals surface area (Å²) < 4.78 is 0. The monoisotopic (exact) mass is 198 g/mol. The molecule has 0 aromatic rings. The van der Waals surface area contributed by atoms with Crippen molar-refractivity contribution in [3.8, 4) is 0 Å². The van der Waals surface area contributed by atoms with E-state index >= 15 is 0 Å². The standard InChI is InChI=1S/C11H18O3/c1-10-4-3-7(5-8(10)12)11(10,2)6-9(13)14/h7-8,12H,3-6H2,1-2H3,(H,13,14)/t7-,8+,10+,11-/m1/s1. The normalized spacial score (nSPS) is 51.1. The highest BCUT2D eigenvalue weighted by Gasteiger charge is 2.63. The Bertz CT molecular complexity index is 276. The topological polar surface area (TPSA) is 57.5 Å². The molecule has 0 heterocycles. The van der Waals surface area contributed by atoms with Crippen LogP contribution in [0.4, 0.5) is 0 Å². The number of carboxylic acids is 1. The molecule has 14 heavy (non-hydrogen) atoms. The molecule has 2 bridgehead atoms. The minimum Gasteiger partial charge on any atom is -0.481 e. The Morgan fingerprint density at radius 2 is 2.14 bits per heavy atom. The Hall–Kier alpha value is -0.570. The second kappa shape index (κ2) is 2.72. The summed E-state index contributed by atoms with van der Waals surface area (Å²) in [6, 6.07) is 0. The Morgan fingerprint density at radius 1 is 1.50 bits per heavy atom. The molecule has 0 spiro atoms. The third kappa shape index (κ3) is 0.991. The van der Waals surface area contributed by atoms with Gasteiger partial charge in [0.1, 0.15) is 0 Å². The maximum atomic E-state index is 10.8. The van der Waals surface area contributed by atoms with E-state index in [9.17, 15) is 9.90 Å². The molecule has 0 unspecified atom stereocenters. The quantitative estimate of drug-likeness (QED) is 0.709. The van der Waals surface area contributed by atoms with Gasteiger partial charge < -0.3 is 10.2 Å². The van der Waals surface area contributed by atoms with Crippen LogP contribution in [0.25, 0.3) is 0 Å². The number of carboxylic acid groups (broad SMARTS) is 1. The van der Waals surface area contributed by atoms with Crippen LogP contribution in [-0.4, -0.2) is 22.3 Å². The van der Waals surface area contributed by atoms with Gasteiger partial charge in [-0.1, -0.05) is 13.8 Å².